The van der Waals surface area contributed by atoms with Gasteiger partial charge in [-0.3, -0.25) is 9.59 Å². The van der Waals surface area contributed by atoms with Gasteiger partial charge < -0.3 is 9.80 Å². The number of para-hydroxylation sites is 1. The predicted molar refractivity (Wildman–Crippen MR) is 122 cm³/mol. The van der Waals surface area contributed by atoms with E-state index in [-0.39, 0.29) is 17.9 Å². The summed E-state index contributed by atoms with van der Waals surface area (Å²) in [6.45, 7) is 4.81. The van der Waals surface area contributed by atoms with Crippen LogP contribution in [0, 0.1) is 5.92 Å². The predicted octanol–water partition coefficient (Wildman–Crippen LogP) is 5.35. The van der Waals surface area contributed by atoms with E-state index >= 15 is 0 Å². The van der Waals surface area contributed by atoms with Crippen molar-refractivity contribution in [2.24, 2.45) is 5.92 Å². The molecule has 0 saturated carbocycles. The Morgan fingerprint density at radius 2 is 1.73 bits per heavy atom. The molecule has 2 aromatic carbocycles. The van der Waals surface area contributed by atoms with E-state index in [4.69, 9.17) is 0 Å². The summed E-state index contributed by atoms with van der Waals surface area (Å²) in [5, 5.41) is 2.01. The van der Waals surface area contributed by atoms with Gasteiger partial charge in [-0.2, -0.15) is 0 Å². The van der Waals surface area contributed by atoms with Crippen molar-refractivity contribution in [3.63, 3.8) is 0 Å². The lowest BCUT2D eigenvalue weighted by Crippen LogP contribution is -2.48. The largest absolute Gasteiger partial charge is 0.329 e. The van der Waals surface area contributed by atoms with Crippen LogP contribution in [0.15, 0.2) is 72.1 Å². The number of amides is 2. The van der Waals surface area contributed by atoms with Gasteiger partial charge in [0.25, 0.3) is 5.91 Å². The second-order valence-corrected chi connectivity index (χ2v) is 9.09. The third kappa shape index (κ3) is 3.65. The molecule has 1 aromatic heterocycles. The zero-order chi connectivity index (χ0) is 21.3. The second kappa shape index (κ2) is 8.44. The maximum absolute atomic E-state index is 13.9. The molecule has 0 radical (unpaired) electrons. The zero-order valence-electron chi connectivity index (χ0n) is 17.5. The van der Waals surface area contributed by atoms with Crippen molar-refractivity contribution >= 4 is 28.8 Å². The van der Waals surface area contributed by atoms with Crippen molar-refractivity contribution in [1.29, 1.82) is 0 Å². The minimum Gasteiger partial charge on any atom is -0.329 e. The van der Waals surface area contributed by atoms with Gasteiger partial charge in [-0.05, 0) is 41.1 Å². The molecule has 2 amide bonds. The Balaban J connectivity index is 1.86. The zero-order valence-corrected chi connectivity index (χ0v) is 18.3. The van der Waals surface area contributed by atoms with Gasteiger partial charge >= 0.3 is 0 Å². The van der Waals surface area contributed by atoms with Crippen molar-refractivity contribution in [2.75, 3.05) is 18.5 Å². The normalized spacial score (nSPS) is 18.4. The number of thiophene rings is 1. The standard InChI is InChI=1S/C25H26N2O2S/c1-17(2)16-27-23(21-14-9-15-30-21)22(19-12-7-8-13-20(19)24(27)28)25(29)26(3)18-10-5-4-6-11-18/h4-15,17,22-23H,16H2,1-3H3/t22-,23+/m1/s1. The summed E-state index contributed by atoms with van der Waals surface area (Å²) in [5.41, 5.74) is 2.29. The van der Waals surface area contributed by atoms with Gasteiger partial charge in [0.05, 0.1) is 12.0 Å². The van der Waals surface area contributed by atoms with Crippen LogP contribution in [0.1, 0.15) is 46.6 Å². The van der Waals surface area contributed by atoms with E-state index in [2.05, 4.69) is 13.8 Å². The lowest BCUT2D eigenvalue weighted by molar-refractivity contribution is -0.121. The molecule has 2 heterocycles. The van der Waals surface area contributed by atoms with Gasteiger partial charge in [0.15, 0.2) is 0 Å². The topological polar surface area (TPSA) is 40.6 Å². The number of fused-ring (bicyclic) bond motifs is 1. The Morgan fingerprint density at radius 1 is 1.03 bits per heavy atom. The van der Waals surface area contributed by atoms with E-state index in [0.717, 1.165) is 16.1 Å². The molecule has 0 fully saturated rings. The van der Waals surface area contributed by atoms with E-state index in [0.29, 0.717) is 18.0 Å². The number of carbonyl (C=O) groups excluding carboxylic acids is 2. The Morgan fingerprint density at radius 3 is 2.40 bits per heavy atom. The van der Waals surface area contributed by atoms with Crippen LogP contribution in [0.3, 0.4) is 0 Å². The van der Waals surface area contributed by atoms with Gasteiger partial charge in [-0.15, -0.1) is 11.3 Å². The fraction of sp³-hybridized carbons (Fsp3) is 0.280. The van der Waals surface area contributed by atoms with Crippen molar-refractivity contribution in [3.05, 3.63) is 88.1 Å². The van der Waals surface area contributed by atoms with Crippen molar-refractivity contribution in [1.82, 2.24) is 4.90 Å². The molecule has 154 valence electrons. The minimum absolute atomic E-state index is 0.00381. The molecule has 0 saturated heterocycles. The van der Waals surface area contributed by atoms with Crippen LogP contribution in [0.5, 0.6) is 0 Å². The van der Waals surface area contributed by atoms with Gasteiger partial charge in [0.1, 0.15) is 0 Å². The molecule has 1 aliphatic rings. The molecule has 30 heavy (non-hydrogen) atoms. The van der Waals surface area contributed by atoms with E-state index in [9.17, 15) is 9.59 Å². The summed E-state index contributed by atoms with van der Waals surface area (Å²) in [6, 6.07) is 20.9. The molecule has 0 N–H and O–H groups in total. The summed E-state index contributed by atoms with van der Waals surface area (Å²) in [6.07, 6.45) is 0. The maximum Gasteiger partial charge on any atom is 0.254 e. The number of nitrogens with zero attached hydrogens (tertiary/aromatic N) is 2. The Labute approximate surface area is 181 Å². The van der Waals surface area contributed by atoms with Crippen LogP contribution in [-0.2, 0) is 4.79 Å². The lowest BCUT2D eigenvalue weighted by Gasteiger charge is -2.43. The van der Waals surface area contributed by atoms with E-state index in [1.54, 1.807) is 16.2 Å². The van der Waals surface area contributed by atoms with Crippen molar-refractivity contribution < 1.29 is 9.59 Å². The van der Waals surface area contributed by atoms with Gasteiger partial charge in [-0.1, -0.05) is 56.3 Å². The fourth-order valence-corrected chi connectivity index (χ4v) is 5.09. The first-order valence-corrected chi connectivity index (χ1v) is 11.1. The molecule has 5 heteroatoms. The van der Waals surface area contributed by atoms with Gasteiger partial charge in [0, 0.05) is 29.7 Å². The summed E-state index contributed by atoms with van der Waals surface area (Å²) in [5.74, 6) is -0.164. The number of benzene rings is 2. The third-order valence-corrected chi connectivity index (χ3v) is 6.52. The van der Waals surface area contributed by atoms with E-state index in [1.807, 2.05) is 84.1 Å². The summed E-state index contributed by atoms with van der Waals surface area (Å²) in [7, 11) is 1.81. The van der Waals surface area contributed by atoms with Crippen LogP contribution in [-0.4, -0.2) is 30.3 Å². The van der Waals surface area contributed by atoms with Crippen LogP contribution in [0.2, 0.25) is 0 Å². The number of anilines is 1. The highest BCUT2D eigenvalue weighted by atomic mass is 32.1. The van der Waals surface area contributed by atoms with E-state index in [1.165, 1.54) is 0 Å². The van der Waals surface area contributed by atoms with Crippen LogP contribution < -0.4 is 4.90 Å². The molecule has 0 spiro atoms. The smallest absolute Gasteiger partial charge is 0.254 e. The Hall–Kier alpha value is -2.92. The number of hydrogen-bond acceptors (Lipinski definition) is 3. The summed E-state index contributed by atoms with van der Waals surface area (Å²) in [4.78, 5) is 32.0. The molecular formula is C25H26N2O2S. The SMILES string of the molecule is CC(C)CN1C(=O)c2ccccc2[C@@H](C(=O)N(C)c2ccccc2)[C@@H]1c1cccs1. The average Bonchev–Trinajstić information content (AvgIpc) is 3.29. The highest BCUT2D eigenvalue weighted by Gasteiger charge is 2.45. The molecule has 4 nitrogen and oxygen atoms in total. The minimum atomic E-state index is -0.457. The van der Waals surface area contributed by atoms with Crippen molar-refractivity contribution in [2.45, 2.75) is 25.8 Å². The molecule has 0 aliphatic carbocycles. The third-order valence-electron chi connectivity index (χ3n) is 5.58. The average molecular weight is 419 g/mol. The number of rotatable bonds is 5. The van der Waals surface area contributed by atoms with Crippen LogP contribution in [0.25, 0.3) is 0 Å². The highest BCUT2D eigenvalue weighted by molar-refractivity contribution is 7.10. The highest BCUT2D eigenvalue weighted by Crippen LogP contribution is 2.45. The molecule has 3 aromatic rings. The number of likely N-dealkylation sites (N-methyl/N-ethyl adjacent to an activating group) is 1. The molecule has 2 atom stereocenters. The fourth-order valence-electron chi connectivity index (χ4n) is 4.22. The summed E-state index contributed by atoms with van der Waals surface area (Å²) < 4.78 is 0. The monoisotopic (exact) mass is 418 g/mol. The molecular weight excluding hydrogens is 392 g/mol. The molecule has 4 rings (SSSR count). The van der Waals surface area contributed by atoms with Crippen LogP contribution in [0.4, 0.5) is 5.69 Å². The summed E-state index contributed by atoms with van der Waals surface area (Å²) >= 11 is 1.60. The molecule has 0 unspecified atom stereocenters. The first kappa shape index (κ1) is 20.4. The van der Waals surface area contributed by atoms with Gasteiger partial charge in [0.2, 0.25) is 5.91 Å². The maximum atomic E-state index is 13.9. The first-order chi connectivity index (χ1) is 14.5. The Kier molecular flexibility index (Phi) is 5.73. The number of hydrogen-bond donors (Lipinski definition) is 0. The van der Waals surface area contributed by atoms with Gasteiger partial charge in [-0.25, -0.2) is 0 Å². The quantitative estimate of drug-likeness (QED) is 0.561. The van der Waals surface area contributed by atoms with E-state index < -0.39 is 5.92 Å². The first-order valence-electron chi connectivity index (χ1n) is 10.2. The van der Waals surface area contributed by atoms with Crippen LogP contribution >= 0.6 is 11.3 Å². The van der Waals surface area contributed by atoms with Crippen molar-refractivity contribution in [3.8, 4) is 0 Å². The second-order valence-electron chi connectivity index (χ2n) is 8.11. The molecule has 1 aliphatic heterocycles. The lowest BCUT2D eigenvalue weighted by atomic mass is 9.80. The molecule has 0 bridgehead atoms. The Bertz CT molecular complexity index is 1030. The number of carbonyl (C=O) groups is 2.